The maximum atomic E-state index is 12.5. The average molecular weight is 445 g/mol. The molecule has 31 heavy (non-hydrogen) atoms. The van der Waals surface area contributed by atoms with Crippen molar-refractivity contribution in [3.8, 4) is 0 Å². The van der Waals surface area contributed by atoms with E-state index in [-0.39, 0.29) is 18.2 Å². The number of carbonyl (C=O) groups is 1. The molecule has 0 aromatic carbocycles. The molecule has 1 spiro atoms. The van der Waals surface area contributed by atoms with E-state index in [9.17, 15) is 4.79 Å². The van der Waals surface area contributed by atoms with Gasteiger partial charge in [-0.3, -0.25) is 4.79 Å². The molecule has 0 saturated carbocycles. The van der Waals surface area contributed by atoms with Crippen LogP contribution in [0.15, 0.2) is 18.3 Å². The Morgan fingerprint density at radius 2 is 2.26 bits per heavy atom. The molecule has 2 aromatic heterocycles. The number of ether oxygens (including phenoxy) is 1. The van der Waals surface area contributed by atoms with Crippen LogP contribution in [-0.4, -0.2) is 69.4 Å². The molecule has 2 aromatic rings. The molecule has 2 fully saturated rings. The van der Waals surface area contributed by atoms with Gasteiger partial charge in [0.1, 0.15) is 12.4 Å². The smallest absolute Gasteiger partial charge is 0.274 e. The second kappa shape index (κ2) is 8.31. The lowest BCUT2D eigenvalue weighted by Gasteiger charge is -2.49. The lowest BCUT2D eigenvalue weighted by Crippen LogP contribution is -2.57. The molecule has 3 aliphatic rings. The minimum atomic E-state index is -0.208. The highest BCUT2D eigenvalue weighted by Crippen LogP contribution is 2.46. The van der Waals surface area contributed by atoms with Crippen molar-refractivity contribution >= 4 is 17.2 Å². The second-order valence-electron chi connectivity index (χ2n) is 9.25. The van der Waals surface area contributed by atoms with Gasteiger partial charge in [-0.2, -0.15) is 5.10 Å². The van der Waals surface area contributed by atoms with E-state index in [0.717, 1.165) is 58.5 Å². The highest BCUT2D eigenvalue weighted by molar-refractivity contribution is 7.12. The van der Waals surface area contributed by atoms with Crippen LogP contribution in [0.1, 0.15) is 52.5 Å². The minimum Gasteiger partial charge on any atom is -0.374 e. The second-order valence-corrected chi connectivity index (χ2v) is 10.5. The van der Waals surface area contributed by atoms with Crippen LogP contribution < -0.4 is 0 Å². The quantitative estimate of drug-likeness (QED) is 0.767. The lowest BCUT2D eigenvalue weighted by molar-refractivity contribution is -0.114. The van der Waals surface area contributed by atoms with E-state index >= 15 is 0 Å². The molecule has 0 bridgehead atoms. The number of amides is 1. The molecule has 5 rings (SSSR count). The number of hydrogen-bond donors (Lipinski definition) is 1. The molecule has 0 unspecified atom stereocenters. The Bertz CT molecular complexity index is 951. The lowest BCUT2D eigenvalue weighted by atomic mass is 9.79. The van der Waals surface area contributed by atoms with Crippen molar-refractivity contribution < 1.29 is 14.6 Å². The van der Waals surface area contributed by atoms with E-state index in [4.69, 9.17) is 9.84 Å². The van der Waals surface area contributed by atoms with Gasteiger partial charge in [-0.25, -0.2) is 4.68 Å². The van der Waals surface area contributed by atoms with E-state index < -0.39 is 0 Å². The zero-order valence-corrected chi connectivity index (χ0v) is 19.2. The zero-order valence-electron chi connectivity index (χ0n) is 18.4. The molecule has 0 aliphatic carbocycles. The fraction of sp³-hybridized carbons (Fsp3) is 0.652. The first-order valence-electron chi connectivity index (χ1n) is 11.4. The van der Waals surface area contributed by atoms with Gasteiger partial charge < -0.3 is 19.6 Å². The standard InChI is InChI=1S/C23H32N4O3S/c1-3-18-10-19-21(31-18)5-9-30-23(19)6-8-25(16(2)11-23)12-17-13-26(14-17)22(29)20-4-7-27(15-28)24-20/h4,7,10,16-17,28H,3,5-6,8-9,11-15H2,1-2H3/t16-,23+/m0/s1. The van der Waals surface area contributed by atoms with Crippen LogP contribution in [0.2, 0.25) is 0 Å². The van der Waals surface area contributed by atoms with Gasteiger partial charge in [0.15, 0.2) is 0 Å². The number of aromatic nitrogens is 2. The Morgan fingerprint density at radius 3 is 2.97 bits per heavy atom. The van der Waals surface area contributed by atoms with Gasteiger partial charge in [0.05, 0.1) is 12.2 Å². The van der Waals surface area contributed by atoms with Crippen LogP contribution >= 0.6 is 11.3 Å². The first-order chi connectivity index (χ1) is 15.0. The maximum absolute atomic E-state index is 12.5. The number of fused-ring (bicyclic) bond motifs is 2. The average Bonchev–Trinajstić information content (AvgIpc) is 3.39. The summed E-state index contributed by atoms with van der Waals surface area (Å²) in [6.07, 6.45) is 5.90. The highest BCUT2D eigenvalue weighted by Gasteiger charge is 2.45. The van der Waals surface area contributed by atoms with Crippen molar-refractivity contribution in [3.05, 3.63) is 39.3 Å². The fourth-order valence-electron chi connectivity index (χ4n) is 5.45. The monoisotopic (exact) mass is 444 g/mol. The third-order valence-corrected chi connectivity index (χ3v) is 8.54. The number of aryl methyl sites for hydroxylation is 1. The molecular weight excluding hydrogens is 412 g/mol. The number of aliphatic hydroxyl groups excluding tert-OH is 1. The van der Waals surface area contributed by atoms with E-state index in [1.54, 1.807) is 17.1 Å². The summed E-state index contributed by atoms with van der Waals surface area (Å²) >= 11 is 1.98. The van der Waals surface area contributed by atoms with Gasteiger partial charge in [-0.15, -0.1) is 11.3 Å². The summed E-state index contributed by atoms with van der Waals surface area (Å²) in [6.45, 7) is 8.84. The number of aliphatic hydroxyl groups is 1. The summed E-state index contributed by atoms with van der Waals surface area (Å²) in [6, 6.07) is 4.55. The van der Waals surface area contributed by atoms with Gasteiger partial charge in [-0.1, -0.05) is 6.92 Å². The van der Waals surface area contributed by atoms with Crippen molar-refractivity contribution in [1.82, 2.24) is 19.6 Å². The minimum absolute atomic E-state index is 0.0404. The summed E-state index contributed by atoms with van der Waals surface area (Å²) < 4.78 is 7.83. The normalized spacial score (nSPS) is 26.8. The van der Waals surface area contributed by atoms with E-state index in [0.29, 0.717) is 17.7 Å². The first-order valence-corrected chi connectivity index (χ1v) is 12.3. The van der Waals surface area contributed by atoms with E-state index in [2.05, 4.69) is 29.9 Å². The number of rotatable bonds is 5. The van der Waals surface area contributed by atoms with Crippen molar-refractivity contribution in [2.75, 3.05) is 32.8 Å². The van der Waals surface area contributed by atoms with Crippen molar-refractivity contribution in [2.45, 2.75) is 57.9 Å². The molecule has 168 valence electrons. The highest BCUT2D eigenvalue weighted by atomic mass is 32.1. The summed E-state index contributed by atoms with van der Waals surface area (Å²) in [5, 5.41) is 13.2. The Morgan fingerprint density at radius 1 is 1.42 bits per heavy atom. The number of hydrogen-bond acceptors (Lipinski definition) is 6. The van der Waals surface area contributed by atoms with Crippen molar-refractivity contribution in [3.63, 3.8) is 0 Å². The van der Waals surface area contributed by atoms with Gasteiger partial charge >= 0.3 is 0 Å². The fourth-order valence-corrected chi connectivity index (χ4v) is 6.62. The number of nitrogens with zero attached hydrogens (tertiary/aromatic N) is 4. The van der Waals surface area contributed by atoms with Crippen LogP contribution in [-0.2, 0) is 29.9 Å². The SMILES string of the molecule is CCc1cc2c(s1)CCO[C@@]21CCN(CC2CN(C(=O)c3ccn(CO)n3)C2)[C@@H](C)C1. The third-order valence-electron chi connectivity index (χ3n) is 7.20. The molecule has 5 heterocycles. The van der Waals surface area contributed by atoms with E-state index in [1.165, 1.54) is 15.1 Å². The molecule has 0 radical (unpaired) electrons. The van der Waals surface area contributed by atoms with Crippen molar-refractivity contribution in [1.29, 1.82) is 0 Å². The molecular formula is C23H32N4O3S. The number of likely N-dealkylation sites (tertiary alicyclic amines) is 2. The van der Waals surface area contributed by atoms with Crippen LogP contribution in [0.3, 0.4) is 0 Å². The maximum Gasteiger partial charge on any atom is 0.274 e. The molecule has 1 N–H and O–H groups in total. The summed E-state index contributed by atoms with van der Waals surface area (Å²) in [4.78, 5) is 20.0. The number of piperidine rings is 1. The Balaban J connectivity index is 1.17. The van der Waals surface area contributed by atoms with Gasteiger partial charge in [-0.05, 0) is 43.9 Å². The summed E-state index contributed by atoms with van der Waals surface area (Å²) in [7, 11) is 0. The molecule has 7 nitrogen and oxygen atoms in total. The third kappa shape index (κ3) is 3.84. The van der Waals surface area contributed by atoms with Crippen LogP contribution in [0.25, 0.3) is 0 Å². The van der Waals surface area contributed by atoms with Gasteiger partial charge in [0.25, 0.3) is 5.91 Å². The predicted octanol–water partition coefficient (Wildman–Crippen LogP) is 2.48. The largest absolute Gasteiger partial charge is 0.374 e. The zero-order chi connectivity index (χ0) is 21.6. The number of carbonyl (C=O) groups excluding carboxylic acids is 1. The summed E-state index contributed by atoms with van der Waals surface area (Å²) in [5.41, 5.74) is 1.78. The molecule has 2 saturated heterocycles. The van der Waals surface area contributed by atoms with Crippen molar-refractivity contribution in [2.24, 2.45) is 5.92 Å². The molecule has 3 aliphatic heterocycles. The first kappa shape index (κ1) is 21.1. The molecule has 1 amide bonds. The molecule has 8 heteroatoms. The summed E-state index contributed by atoms with van der Waals surface area (Å²) in [5.74, 6) is 0.470. The Hall–Kier alpha value is -1.74. The van der Waals surface area contributed by atoms with Crippen LogP contribution in [0.4, 0.5) is 0 Å². The van der Waals surface area contributed by atoms with Gasteiger partial charge in [0.2, 0.25) is 0 Å². The predicted molar refractivity (Wildman–Crippen MR) is 119 cm³/mol. The number of thiophene rings is 1. The van der Waals surface area contributed by atoms with Gasteiger partial charge in [0, 0.05) is 60.5 Å². The van der Waals surface area contributed by atoms with E-state index in [1.807, 2.05) is 16.2 Å². The molecule has 2 atom stereocenters. The Labute approximate surface area is 187 Å². The van der Waals surface area contributed by atoms with Crippen LogP contribution in [0, 0.1) is 5.92 Å². The van der Waals surface area contributed by atoms with Crippen LogP contribution in [0.5, 0.6) is 0 Å². The Kier molecular flexibility index (Phi) is 5.66. The topological polar surface area (TPSA) is 70.8 Å².